The smallest absolute Gasteiger partial charge is 0.326 e. The van der Waals surface area contributed by atoms with Crippen molar-refractivity contribution >= 4 is 17.8 Å². The molecule has 0 aliphatic heterocycles. The van der Waals surface area contributed by atoms with E-state index in [1.54, 1.807) is 24.3 Å². The van der Waals surface area contributed by atoms with Crippen molar-refractivity contribution < 1.29 is 24.6 Å². The second-order valence-corrected chi connectivity index (χ2v) is 7.98. The van der Waals surface area contributed by atoms with Gasteiger partial charge in [0.25, 0.3) is 0 Å². The zero-order valence-electron chi connectivity index (χ0n) is 17.8. The maximum Gasteiger partial charge on any atom is 0.326 e. The van der Waals surface area contributed by atoms with Crippen molar-refractivity contribution in [1.29, 1.82) is 0 Å². The minimum absolute atomic E-state index is 0.0339. The summed E-state index contributed by atoms with van der Waals surface area (Å²) in [7, 11) is 0. The van der Waals surface area contributed by atoms with Gasteiger partial charge in [0, 0.05) is 6.54 Å². The Morgan fingerprint density at radius 1 is 0.839 bits per heavy atom. The zero-order chi connectivity index (χ0) is 22.8. The quantitative estimate of drug-likeness (QED) is 0.415. The third kappa shape index (κ3) is 7.86. The number of aliphatic carboxylic acids is 2. The molecular weight excluding hydrogens is 396 g/mol. The molecule has 2 rings (SSSR count). The Balaban J connectivity index is 2.18. The first-order chi connectivity index (χ1) is 14.8. The summed E-state index contributed by atoms with van der Waals surface area (Å²) in [5.74, 6) is -3.29. The molecule has 0 heterocycles. The first-order valence-electron chi connectivity index (χ1n) is 10.4. The Bertz CT molecular complexity index is 855. The number of carbonyl (C=O) groups is 3. The van der Waals surface area contributed by atoms with Crippen LogP contribution in [0.25, 0.3) is 0 Å². The van der Waals surface area contributed by atoms with Crippen LogP contribution in [0.4, 0.5) is 0 Å². The number of nitrogens with one attached hydrogen (secondary N) is 2. The molecule has 2 aromatic carbocycles. The molecule has 166 valence electrons. The number of hydrogen-bond acceptors (Lipinski definition) is 4. The van der Waals surface area contributed by atoms with Gasteiger partial charge in [-0.05, 0) is 29.9 Å². The van der Waals surface area contributed by atoms with E-state index in [-0.39, 0.29) is 12.5 Å². The van der Waals surface area contributed by atoms with Crippen molar-refractivity contribution in [3.63, 3.8) is 0 Å². The summed E-state index contributed by atoms with van der Waals surface area (Å²) in [6, 6.07) is 16.3. The molecule has 0 bridgehead atoms. The normalized spacial score (nSPS) is 13.9. The number of carbonyl (C=O) groups excluding carboxylic acids is 1. The predicted octanol–water partition coefficient (Wildman–Crippen LogP) is 2.67. The molecule has 0 aliphatic rings. The predicted molar refractivity (Wildman–Crippen MR) is 118 cm³/mol. The van der Waals surface area contributed by atoms with Crippen LogP contribution in [0.3, 0.4) is 0 Å². The first kappa shape index (κ1) is 24.1. The fourth-order valence-electron chi connectivity index (χ4n) is 3.37. The summed E-state index contributed by atoms with van der Waals surface area (Å²) in [4.78, 5) is 36.4. The van der Waals surface area contributed by atoms with Crippen LogP contribution in [0, 0.1) is 5.92 Å². The lowest BCUT2D eigenvalue weighted by atomic mass is 9.97. The summed E-state index contributed by atoms with van der Waals surface area (Å²) in [5, 5.41) is 24.8. The average molecular weight is 427 g/mol. The molecule has 0 saturated heterocycles. The number of rotatable bonds is 12. The lowest BCUT2D eigenvalue weighted by Gasteiger charge is -2.24. The zero-order valence-corrected chi connectivity index (χ0v) is 17.8. The SMILES string of the molecule is CC(C)C[C@H](NC(=O)[C@H](Cc1ccccc1)NC[C@H](C(=O)O)c1ccccc1)C(=O)O. The number of hydrogen-bond donors (Lipinski definition) is 4. The van der Waals surface area contributed by atoms with Gasteiger partial charge in [0.1, 0.15) is 6.04 Å². The monoisotopic (exact) mass is 426 g/mol. The largest absolute Gasteiger partial charge is 0.481 e. The number of carboxylic acids is 2. The van der Waals surface area contributed by atoms with Gasteiger partial charge in [-0.1, -0.05) is 74.5 Å². The van der Waals surface area contributed by atoms with Gasteiger partial charge in [-0.15, -0.1) is 0 Å². The van der Waals surface area contributed by atoms with Crippen molar-refractivity contribution in [2.75, 3.05) is 6.54 Å². The fraction of sp³-hybridized carbons (Fsp3) is 0.375. The van der Waals surface area contributed by atoms with Crippen molar-refractivity contribution in [3.05, 3.63) is 71.8 Å². The minimum Gasteiger partial charge on any atom is -0.481 e. The van der Waals surface area contributed by atoms with E-state index >= 15 is 0 Å². The van der Waals surface area contributed by atoms with E-state index < -0.39 is 35.8 Å². The van der Waals surface area contributed by atoms with Gasteiger partial charge in [-0.3, -0.25) is 9.59 Å². The highest BCUT2D eigenvalue weighted by Crippen LogP contribution is 2.16. The van der Waals surface area contributed by atoms with Crippen LogP contribution in [-0.2, 0) is 20.8 Å². The third-order valence-electron chi connectivity index (χ3n) is 4.99. The Hall–Kier alpha value is -3.19. The molecule has 0 aromatic heterocycles. The Kier molecular flexibility index (Phi) is 9.21. The van der Waals surface area contributed by atoms with Crippen LogP contribution in [0.1, 0.15) is 37.3 Å². The lowest BCUT2D eigenvalue weighted by Crippen LogP contribution is -2.52. The highest BCUT2D eigenvalue weighted by molar-refractivity contribution is 5.87. The lowest BCUT2D eigenvalue weighted by molar-refractivity contribution is -0.142. The van der Waals surface area contributed by atoms with Gasteiger partial charge in [0.05, 0.1) is 12.0 Å². The summed E-state index contributed by atoms with van der Waals surface area (Å²) < 4.78 is 0. The van der Waals surface area contributed by atoms with Gasteiger partial charge < -0.3 is 20.8 Å². The van der Waals surface area contributed by atoms with Gasteiger partial charge in [-0.25, -0.2) is 4.79 Å². The molecule has 1 amide bonds. The highest BCUT2D eigenvalue weighted by Gasteiger charge is 2.28. The molecule has 0 saturated carbocycles. The number of benzene rings is 2. The van der Waals surface area contributed by atoms with E-state index in [4.69, 9.17) is 0 Å². The van der Waals surface area contributed by atoms with E-state index in [1.165, 1.54) is 0 Å². The van der Waals surface area contributed by atoms with E-state index in [0.29, 0.717) is 18.4 Å². The molecule has 0 aliphatic carbocycles. The van der Waals surface area contributed by atoms with E-state index in [0.717, 1.165) is 5.56 Å². The molecule has 7 heteroatoms. The van der Waals surface area contributed by atoms with Gasteiger partial charge >= 0.3 is 11.9 Å². The van der Waals surface area contributed by atoms with Gasteiger partial charge in [-0.2, -0.15) is 0 Å². The maximum absolute atomic E-state index is 13.0. The first-order valence-corrected chi connectivity index (χ1v) is 10.4. The standard InChI is InChI=1S/C24H30N2O5/c1-16(2)13-21(24(30)31)26-22(27)20(14-17-9-5-3-6-10-17)25-15-19(23(28)29)18-11-7-4-8-12-18/h3-12,16,19-21,25H,13-15H2,1-2H3,(H,26,27)(H,28,29)(H,30,31)/t19-,20-,21-/m0/s1. The summed E-state index contributed by atoms with van der Waals surface area (Å²) >= 11 is 0. The molecule has 2 aromatic rings. The van der Waals surface area contributed by atoms with Crippen LogP contribution in [0.2, 0.25) is 0 Å². The van der Waals surface area contributed by atoms with E-state index in [2.05, 4.69) is 10.6 Å². The van der Waals surface area contributed by atoms with Crippen LogP contribution < -0.4 is 10.6 Å². The molecule has 7 nitrogen and oxygen atoms in total. The highest BCUT2D eigenvalue weighted by atomic mass is 16.4. The number of amides is 1. The van der Waals surface area contributed by atoms with E-state index in [1.807, 2.05) is 50.2 Å². The maximum atomic E-state index is 13.0. The van der Waals surface area contributed by atoms with Gasteiger partial charge in [0.2, 0.25) is 5.91 Å². The topological polar surface area (TPSA) is 116 Å². The van der Waals surface area contributed by atoms with E-state index in [9.17, 15) is 24.6 Å². The summed E-state index contributed by atoms with van der Waals surface area (Å²) in [5.41, 5.74) is 1.52. The molecule has 31 heavy (non-hydrogen) atoms. The van der Waals surface area contributed by atoms with Crippen molar-refractivity contribution in [3.8, 4) is 0 Å². The second-order valence-electron chi connectivity index (χ2n) is 7.98. The summed E-state index contributed by atoms with van der Waals surface area (Å²) in [6.07, 6.45) is 0.614. The molecule has 0 unspecified atom stereocenters. The summed E-state index contributed by atoms with van der Waals surface area (Å²) in [6.45, 7) is 3.81. The Morgan fingerprint density at radius 3 is 1.94 bits per heavy atom. The van der Waals surface area contributed by atoms with Crippen LogP contribution >= 0.6 is 0 Å². The fourth-order valence-corrected chi connectivity index (χ4v) is 3.37. The molecule has 3 atom stereocenters. The van der Waals surface area contributed by atoms with Crippen LogP contribution in [0.5, 0.6) is 0 Å². The van der Waals surface area contributed by atoms with Crippen LogP contribution in [0.15, 0.2) is 60.7 Å². The van der Waals surface area contributed by atoms with Gasteiger partial charge in [0.15, 0.2) is 0 Å². The molecule has 0 spiro atoms. The van der Waals surface area contributed by atoms with Crippen molar-refractivity contribution in [2.45, 2.75) is 44.7 Å². The van der Waals surface area contributed by atoms with Crippen molar-refractivity contribution in [1.82, 2.24) is 10.6 Å². The molecule has 0 radical (unpaired) electrons. The molecule has 4 N–H and O–H groups in total. The van der Waals surface area contributed by atoms with Crippen molar-refractivity contribution in [2.24, 2.45) is 5.92 Å². The molecular formula is C24H30N2O5. The van der Waals surface area contributed by atoms with Crippen LogP contribution in [-0.4, -0.2) is 46.7 Å². The Labute approximate surface area is 182 Å². The molecule has 0 fully saturated rings. The average Bonchev–Trinajstić information content (AvgIpc) is 2.73. The number of carboxylic acid groups (broad SMARTS) is 2. The second kappa shape index (κ2) is 11.9. The third-order valence-corrected chi connectivity index (χ3v) is 4.99. The Morgan fingerprint density at radius 2 is 1.42 bits per heavy atom. The minimum atomic E-state index is -1.09.